The van der Waals surface area contributed by atoms with Crippen molar-refractivity contribution in [3.05, 3.63) is 30.1 Å². The Kier molecular flexibility index (Phi) is 7.56. The third-order valence-electron chi connectivity index (χ3n) is 5.92. The van der Waals surface area contributed by atoms with E-state index < -0.39 is 5.92 Å². The van der Waals surface area contributed by atoms with Gasteiger partial charge in [0.1, 0.15) is 23.9 Å². The van der Waals surface area contributed by atoms with Crippen LogP contribution < -0.4 is 20.1 Å². The number of aliphatic imine (C=N–C) groups is 1. The lowest BCUT2D eigenvalue weighted by Crippen LogP contribution is -2.28. The van der Waals surface area contributed by atoms with Gasteiger partial charge in [0.2, 0.25) is 11.8 Å². The summed E-state index contributed by atoms with van der Waals surface area (Å²) in [7, 11) is 3.42. The number of anilines is 2. The third kappa shape index (κ3) is 5.44. The standard InChI is InChI=1S/C24H30N6O4/c1-30-11-6-10-25-22-21-17(24(32)29-23(21)28-15-27-22)14-26-16-8-9-18(33-2)19(13-16)34-12-5-3-4-7-20(30)31/h8-9,13-15,17H,3-7,10-12H2,1-2H3,(H2,25,27,28,29,32). The van der Waals surface area contributed by atoms with Crippen LogP contribution in [-0.2, 0) is 9.59 Å². The minimum atomic E-state index is -0.625. The van der Waals surface area contributed by atoms with E-state index in [1.807, 2.05) is 13.1 Å². The lowest BCUT2D eigenvalue weighted by atomic mass is 10.0. The van der Waals surface area contributed by atoms with Crippen molar-refractivity contribution in [3.8, 4) is 11.5 Å². The number of nitrogens with zero attached hydrogens (tertiary/aromatic N) is 4. The molecule has 0 aliphatic carbocycles. The largest absolute Gasteiger partial charge is 0.493 e. The molecule has 4 rings (SSSR count). The molecule has 1 aromatic heterocycles. The van der Waals surface area contributed by atoms with Crippen LogP contribution in [0.15, 0.2) is 29.5 Å². The highest BCUT2D eigenvalue weighted by atomic mass is 16.5. The Morgan fingerprint density at radius 1 is 1.12 bits per heavy atom. The number of ether oxygens (including phenoxy) is 2. The molecule has 0 fully saturated rings. The van der Waals surface area contributed by atoms with Crippen LogP contribution >= 0.6 is 0 Å². The van der Waals surface area contributed by atoms with Gasteiger partial charge in [0.05, 0.1) is 25.0 Å². The maximum atomic E-state index is 12.7. The fraction of sp³-hybridized carbons (Fsp3) is 0.458. The summed E-state index contributed by atoms with van der Waals surface area (Å²) in [6.07, 6.45) is 6.85. The molecule has 1 unspecified atom stereocenters. The Labute approximate surface area is 198 Å². The molecule has 2 bridgehead atoms. The highest BCUT2D eigenvalue weighted by Gasteiger charge is 2.33. The fourth-order valence-corrected chi connectivity index (χ4v) is 3.99. The van der Waals surface area contributed by atoms with Crippen LogP contribution in [0.3, 0.4) is 0 Å². The van der Waals surface area contributed by atoms with Gasteiger partial charge in [-0.05, 0) is 37.8 Å². The van der Waals surface area contributed by atoms with E-state index in [-0.39, 0.29) is 11.8 Å². The monoisotopic (exact) mass is 466 g/mol. The number of rotatable bonds is 1. The number of methoxy groups -OCH3 is 1. The quantitative estimate of drug-likeness (QED) is 0.663. The predicted octanol–water partition coefficient (Wildman–Crippen LogP) is 3.14. The maximum Gasteiger partial charge on any atom is 0.238 e. The number of fused-ring (bicyclic) bond motifs is 2. The van der Waals surface area contributed by atoms with Crippen LogP contribution in [0.2, 0.25) is 0 Å². The average molecular weight is 467 g/mol. The van der Waals surface area contributed by atoms with Gasteiger partial charge >= 0.3 is 0 Å². The Balaban J connectivity index is 1.61. The summed E-state index contributed by atoms with van der Waals surface area (Å²) in [5, 5.41) is 6.10. The minimum Gasteiger partial charge on any atom is -0.493 e. The van der Waals surface area contributed by atoms with E-state index in [9.17, 15) is 9.59 Å². The number of carbonyl (C=O) groups is 2. The number of hydrogen-bond donors (Lipinski definition) is 2. The van der Waals surface area contributed by atoms with E-state index in [1.165, 1.54) is 6.33 Å². The molecular formula is C24H30N6O4. The average Bonchev–Trinajstić information content (AvgIpc) is 3.17. The zero-order chi connectivity index (χ0) is 23.9. The maximum absolute atomic E-state index is 12.7. The first-order valence-electron chi connectivity index (χ1n) is 11.6. The Morgan fingerprint density at radius 3 is 2.82 bits per heavy atom. The van der Waals surface area contributed by atoms with Gasteiger partial charge in [0, 0.05) is 38.8 Å². The lowest BCUT2D eigenvalue weighted by molar-refractivity contribution is -0.130. The minimum absolute atomic E-state index is 0.138. The smallest absolute Gasteiger partial charge is 0.238 e. The topological polar surface area (TPSA) is 118 Å². The molecule has 180 valence electrons. The van der Waals surface area contributed by atoms with Crippen LogP contribution in [-0.4, -0.2) is 66.8 Å². The second kappa shape index (κ2) is 11.0. The second-order valence-corrected chi connectivity index (χ2v) is 8.32. The van der Waals surface area contributed by atoms with Crippen LogP contribution in [0.5, 0.6) is 11.5 Å². The van der Waals surface area contributed by atoms with E-state index >= 15 is 0 Å². The molecule has 2 amide bonds. The summed E-state index contributed by atoms with van der Waals surface area (Å²) in [5.74, 6) is 1.57. The molecule has 0 spiro atoms. The van der Waals surface area contributed by atoms with Crippen molar-refractivity contribution >= 4 is 35.4 Å². The number of amides is 2. The van der Waals surface area contributed by atoms with Gasteiger partial charge in [-0.25, -0.2) is 9.97 Å². The first-order valence-corrected chi connectivity index (χ1v) is 11.6. The zero-order valence-corrected chi connectivity index (χ0v) is 19.5. The zero-order valence-electron chi connectivity index (χ0n) is 19.5. The van der Waals surface area contributed by atoms with Crippen molar-refractivity contribution < 1.29 is 19.1 Å². The van der Waals surface area contributed by atoms with Crippen LogP contribution in [0.1, 0.15) is 43.6 Å². The molecule has 1 atom stereocenters. The van der Waals surface area contributed by atoms with Crippen molar-refractivity contribution in [2.24, 2.45) is 4.99 Å². The molecule has 34 heavy (non-hydrogen) atoms. The van der Waals surface area contributed by atoms with Gasteiger partial charge in [-0.2, -0.15) is 0 Å². The molecule has 0 radical (unpaired) electrons. The summed E-state index contributed by atoms with van der Waals surface area (Å²) in [6.45, 7) is 1.76. The summed E-state index contributed by atoms with van der Waals surface area (Å²) < 4.78 is 11.3. The van der Waals surface area contributed by atoms with E-state index in [0.717, 1.165) is 25.7 Å². The normalized spacial score (nSPS) is 19.5. The second-order valence-electron chi connectivity index (χ2n) is 8.32. The van der Waals surface area contributed by atoms with E-state index in [2.05, 4.69) is 25.6 Å². The van der Waals surface area contributed by atoms with Crippen molar-refractivity contribution in [2.75, 3.05) is 44.5 Å². The highest BCUT2D eigenvalue weighted by molar-refractivity contribution is 6.13. The highest BCUT2D eigenvalue weighted by Crippen LogP contribution is 2.36. The van der Waals surface area contributed by atoms with Gasteiger partial charge in [0.15, 0.2) is 11.5 Å². The Morgan fingerprint density at radius 2 is 1.97 bits per heavy atom. The van der Waals surface area contributed by atoms with Crippen molar-refractivity contribution in [2.45, 2.75) is 38.0 Å². The molecule has 2 N–H and O–H groups in total. The predicted molar refractivity (Wildman–Crippen MR) is 129 cm³/mol. The summed E-state index contributed by atoms with van der Waals surface area (Å²) in [6, 6.07) is 5.40. The van der Waals surface area contributed by atoms with Crippen molar-refractivity contribution in [1.29, 1.82) is 0 Å². The molecule has 3 heterocycles. The SMILES string of the molecule is COc1ccc2cc1OCCCCCC(=O)N(C)CCCNc1ncnc3c1C(C=N2)C(=O)N3. The summed E-state index contributed by atoms with van der Waals surface area (Å²) >= 11 is 0. The molecule has 1 aromatic carbocycles. The number of nitrogens with one attached hydrogen (secondary N) is 2. The Bertz CT molecular complexity index is 1070. The molecule has 2 aliphatic rings. The summed E-state index contributed by atoms with van der Waals surface area (Å²) in [4.78, 5) is 39.9. The molecule has 2 aliphatic heterocycles. The fourth-order valence-electron chi connectivity index (χ4n) is 3.99. The Hall–Kier alpha value is -3.69. The van der Waals surface area contributed by atoms with Crippen molar-refractivity contribution in [3.63, 3.8) is 0 Å². The molecule has 10 heteroatoms. The van der Waals surface area contributed by atoms with Crippen LogP contribution in [0, 0.1) is 0 Å². The number of benzene rings is 1. The van der Waals surface area contributed by atoms with Gasteiger partial charge < -0.3 is 25.0 Å². The summed E-state index contributed by atoms with van der Waals surface area (Å²) in [5.41, 5.74) is 1.31. The molecule has 0 saturated heterocycles. The number of aromatic nitrogens is 2. The van der Waals surface area contributed by atoms with Crippen molar-refractivity contribution in [1.82, 2.24) is 14.9 Å². The third-order valence-corrected chi connectivity index (χ3v) is 5.92. The molecular weight excluding hydrogens is 436 g/mol. The molecule has 2 aromatic rings. The van der Waals surface area contributed by atoms with Gasteiger partial charge in [-0.15, -0.1) is 0 Å². The van der Waals surface area contributed by atoms with Crippen LogP contribution in [0.25, 0.3) is 0 Å². The lowest BCUT2D eigenvalue weighted by Gasteiger charge is -2.18. The van der Waals surface area contributed by atoms with Gasteiger partial charge in [-0.1, -0.05) is 0 Å². The van der Waals surface area contributed by atoms with E-state index in [4.69, 9.17) is 9.47 Å². The first-order chi connectivity index (χ1) is 16.6. The number of hydrogen-bond acceptors (Lipinski definition) is 8. The van der Waals surface area contributed by atoms with Gasteiger partial charge in [0.25, 0.3) is 0 Å². The van der Waals surface area contributed by atoms with E-state index in [0.29, 0.717) is 60.5 Å². The number of carbonyl (C=O) groups excluding carboxylic acids is 2. The molecule has 0 saturated carbocycles. The van der Waals surface area contributed by atoms with Crippen LogP contribution in [0.4, 0.5) is 17.3 Å². The van der Waals surface area contributed by atoms with E-state index in [1.54, 1.807) is 30.4 Å². The molecule has 10 nitrogen and oxygen atoms in total. The first kappa shape index (κ1) is 23.5. The van der Waals surface area contributed by atoms with Gasteiger partial charge in [-0.3, -0.25) is 14.6 Å².